The van der Waals surface area contributed by atoms with Crippen LogP contribution in [-0.4, -0.2) is 29.6 Å². The minimum Gasteiger partial charge on any atom is -0.375 e. The molecular formula is C22H35NO2. The van der Waals surface area contributed by atoms with Crippen molar-refractivity contribution in [1.82, 2.24) is 4.90 Å². The first-order chi connectivity index (χ1) is 11.8. The van der Waals surface area contributed by atoms with Gasteiger partial charge in [-0.25, -0.2) is 0 Å². The van der Waals surface area contributed by atoms with Gasteiger partial charge >= 0.3 is 0 Å². The number of rotatable bonds is 7. The Bertz CT molecular complexity index is 556. The topological polar surface area (TPSA) is 29.5 Å². The monoisotopic (exact) mass is 345 g/mol. The van der Waals surface area contributed by atoms with Gasteiger partial charge in [-0.15, -0.1) is 0 Å². The van der Waals surface area contributed by atoms with E-state index in [0.717, 1.165) is 38.8 Å². The zero-order chi connectivity index (χ0) is 18.5. The van der Waals surface area contributed by atoms with Gasteiger partial charge in [-0.1, -0.05) is 51.1 Å². The van der Waals surface area contributed by atoms with Crippen LogP contribution in [0.5, 0.6) is 0 Å². The summed E-state index contributed by atoms with van der Waals surface area (Å²) in [5.41, 5.74) is 1.43. The van der Waals surface area contributed by atoms with E-state index in [2.05, 4.69) is 39.8 Å². The standard InChI is InChI=1S/C22H35NO2/c1-6-21(5)17-22(18(2)3,13-15-25-21)12-14-23(19(4)24)16-20-10-8-7-9-11-20/h7-11,18H,6,12-17H2,1-5H3/t21-,22-/m1/s1. The zero-order valence-corrected chi connectivity index (χ0v) is 16.7. The number of carbonyl (C=O) groups is 1. The molecule has 2 atom stereocenters. The quantitative estimate of drug-likeness (QED) is 0.692. The van der Waals surface area contributed by atoms with Gasteiger partial charge in [0.25, 0.3) is 0 Å². The molecule has 140 valence electrons. The van der Waals surface area contributed by atoms with E-state index < -0.39 is 0 Å². The summed E-state index contributed by atoms with van der Waals surface area (Å²) in [5, 5.41) is 0. The van der Waals surface area contributed by atoms with Crippen molar-refractivity contribution in [3.05, 3.63) is 35.9 Å². The molecule has 1 fully saturated rings. The van der Waals surface area contributed by atoms with Gasteiger partial charge in [-0.3, -0.25) is 4.79 Å². The maximum atomic E-state index is 12.2. The molecule has 1 amide bonds. The fourth-order valence-corrected chi connectivity index (χ4v) is 4.12. The van der Waals surface area contributed by atoms with Gasteiger partial charge in [0.15, 0.2) is 0 Å². The molecule has 3 heteroatoms. The predicted molar refractivity (Wildman–Crippen MR) is 103 cm³/mol. The van der Waals surface area contributed by atoms with Crippen molar-refractivity contribution in [2.75, 3.05) is 13.2 Å². The summed E-state index contributed by atoms with van der Waals surface area (Å²) in [5.74, 6) is 0.751. The lowest BCUT2D eigenvalue weighted by Crippen LogP contribution is -2.47. The van der Waals surface area contributed by atoms with E-state index in [4.69, 9.17) is 4.74 Å². The summed E-state index contributed by atoms with van der Waals surface area (Å²) in [6.45, 7) is 13.2. The Balaban J connectivity index is 2.09. The molecule has 1 saturated heterocycles. The third-order valence-electron chi connectivity index (χ3n) is 6.29. The van der Waals surface area contributed by atoms with Gasteiger partial charge < -0.3 is 9.64 Å². The molecule has 1 aliphatic heterocycles. The van der Waals surface area contributed by atoms with Crippen molar-refractivity contribution in [3.8, 4) is 0 Å². The molecule has 1 heterocycles. The second kappa shape index (κ2) is 8.35. The summed E-state index contributed by atoms with van der Waals surface area (Å²) in [4.78, 5) is 14.2. The van der Waals surface area contributed by atoms with Gasteiger partial charge in [-0.2, -0.15) is 0 Å². The molecule has 0 aromatic heterocycles. The summed E-state index contributed by atoms with van der Waals surface area (Å²) in [6, 6.07) is 10.3. The molecule has 25 heavy (non-hydrogen) atoms. The molecular weight excluding hydrogens is 310 g/mol. The molecule has 0 spiro atoms. The lowest BCUT2D eigenvalue weighted by Gasteiger charge is -2.49. The number of hydrogen-bond acceptors (Lipinski definition) is 2. The summed E-state index contributed by atoms with van der Waals surface area (Å²) >= 11 is 0. The molecule has 2 rings (SSSR count). The first kappa shape index (κ1) is 20.0. The van der Waals surface area contributed by atoms with E-state index in [1.165, 1.54) is 5.56 Å². The lowest BCUT2D eigenvalue weighted by molar-refractivity contribution is -0.139. The average Bonchev–Trinajstić information content (AvgIpc) is 2.59. The predicted octanol–water partition coefficient (Wildman–Crippen LogP) is 5.05. The third kappa shape index (κ3) is 5.07. The minimum absolute atomic E-state index is 0.0248. The van der Waals surface area contributed by atoms with Crippen LogP contribution in [0.2, 0.25) is 0 Å². The molecule has 1 aromatic rings. The number of amides is 1. The molecule has 0 aliphatic carbocycles. The number of hydrogen-bond donors (Lipinski definition) is 0. The Labute approximate surface area is 153 Å². The Morgan fingerprint density at radius 3 is 2.52 bits per heavy atom. The molecule has 0 N–H and O–H groups in total. The fraction of sp³-hybridized carbons (Fsp3) is 0.682. The highest BCUT2D eigenvalue weighted by Crippen LogP contribution is 2.48. The van der Waals surface area contributed by atoms with E-state index in [-0.39, 0.29) is 16.9 Å². The van der Waals surface area contributed by atoms with E-state index in [9.17, 15) is 4.79 Å². The van der Waals surface area contributed by atoms with E-state index in [1.807, 2.05) is 23.1 Å². The van der Waals surface area contributed by atoms with Crippen molar-refractivity contribution in [2.45, 2.75) is 72.4 Å². The second-order valence-corrected chi connectivity index (χ2v) is 8.27. The highest BCUT2D eigenvalue weighted by Gasteiger charge is 2.44. The van der Waals surface area contributed by atoms with Crippen molar-refractivity contribution in [3.63, 3.8) is 0 Å². The van der Waals surface area contributed by atoms with Crippen molar-refractivity contribution >= 4 is 5.91 Å². The third-order valence-corrected chi connectivity index (χ3v) is 6.29. The van der Waals surface area contributed by atoms with Crippen LogP contribution in [0.4, 0.5) is 0 Å². The second-order valence-electron chi connectivity index (χ2n) is 8.27. The Kier molecular flexibility index (Phi) is 6.67. The van der Waals surface area contributed by atoms with Crippen molar-refractivity contribution < 1.29 is 9.53 Å². The van der Waals surface area contributed by atoms with Gasteiger partial charge in [0.05, 0.1) is 5.60 Å². The maximum Gasteiger partial charge on any atom is 0.219 e. The van der Waals surface area contributed by atoms with Gasteiger partial charge in [0.1, 0.15) is 0 Å². The van der Waals surface area contributed by atoms with Gasteiger partial charge in [-0.05, 0) is 49.5 Å². The van der Waals surface area contributed by atoms with Gasteiger partial charge in [0, 0.05) is 26.6 Å². The van der Waals surface area contributed by atoms with Crippen molar-refractivity contribution in [1.29, 1.82) is 0 Å². The Hall–Kier alpha value is -1.35. The van der Waals surface area contributed by atoms with Crippen LogP contribution >= 0.6 is 0 Å². The number of carbonyl (C=O) groups excluding carboxylic acids is 1. The van der Waals surface area contributed by atoms with E-state index in [1.54, 1.807) is 6.92 Å². The highest BCUT2D eigenvalue weighted by atomic mass is 16.5. The van der Waals surface area contributed by atoms with Crippen LogP contribution in [0.1, 0.15) is 65.9 Å². The molecule has 3 nitrogen and oxygen atoms in total. The van der Waals surface area contributed by atoms with Gasteiger partial charge in [0.2, 0.25) is 5.91 Å². The molecule has 0 bridgehead atoms. The van der Waals surface area contributed by atoms with E-state index in [0.29, 0.717) is 12.5 Å². The minimum atomic E-state index is -0.0248. The van der Waals surface area contributed by atoms with E-state index >= 15 is 0 Å². The first-order valence-corrected chi connectivity index (χ1v) is 9.74. The fourth-order valence-electron chi connectivity index (χ4n) is 4.12. The van der Waals surface area contributed by atoms with Crippen LogP contribution in [0.25, 0.3) is 0 Å². The maximum absolute atomic E-state index is 12.2. The van der Waals surface area contributed by atoms with Crippen LogP contribution in [-0.2, 0) is 16.1 Å². The first-order valence-electron chi connectivity index (χ1n) is 9.74. The lowest BCUT2D eigenvalue weighted by atomic mass is 9.64. The zero-order valence-electron chi connectivity index (χ0n) is 16.7. The number of nitrogens with zero attached hydrogens (tertiary/aromatic N) is 1. The normalized spacial score (nSPS) is 26.6. The number of benzene rings is 1. The summed E-state index contributed by atoms with van der Waals surface area (Å²) in [7, 11) is 0. The Morgan fingerprint density at radius 1 is 1.28 bits per heavy atom. The average molecular weight is 346 g/mol. The molecule has 1 aromatic carbocycles. The van der Waals surface area contributed by atoms with Crippen LogP contribution in [0.15, 0.2) is 30.3 Å². The summed E-state index contributed by atoms with van der Waals surface area (Å²) in [6.07, 6.45) is 4.28. The molecule has 0 saturated carbocycles. The summed E-state index contributed by atoms with van der Waals surface area (Å²) < 4.78 is 6.09. The Morgan fingerprint density at radius 2 is 1.96 bits per heavy atom. The van der Waals surface area contributed by atoms with Crippen LogP contribution in [0, 0.1) is 11.3 Å². The van der Waals surface area contributed by atoms with Crippen molar-refractivity contribution in [2.24, 2.45) is 11.3 Å². The SMILES string of the molecule is CC[C@]1(C)C[C@](CCN(Cc2ccccc2)C(C)=O)(C(C)C)CCO1. The van der Waals surface area contributed by atoms with Crippen LogP contribution < -0.4 is 0 Å². The molecule has 0 radical (unpaired) electrons. The number of ether oxygens (including phenoxy) is 1. The largest absolute Gasteiger partial charge is 0.375 e. The molecule has 1 aliphatic rings. The smallest absolute Gasteiger partial charge is 0.219 e. The van der Waals surface area contributed by atoms with Crippen LogP contribution in [0.3, 0.4) is 0 Å². The molecule has 0 unspecified atom stereocenters. The highest BCUT2D eigenvalue weighted by molar-refractivity contribution is 5.73.